The molecule has 0 aromatic carbocycles. The maximum atomic E-state index is 2.73. The van der Waals surface area contributed by atoms with E-state index < -0.39 is 0 Å². The van der Waals surface area contributed by atoms with Crippen molar-refractivity contribution in [3.05, 3.63) is 0 Å². The third kappa shape index (κ3) is 3.48. The molecule has 3 atom stereocenters. The lowest BCUT2D eigenvalue weighted by atomic mass is 9.74. The van der Waals surface area contributed by atoms with E-state index in [4.69, 9.17) is 0 Å². The molecule has 1 saturated heterocycles. The molecule has 0 aliphatic carbocycles. The minimum Gasteiger partial charge on any atom is -0.300 e. The third-order valence-corrected chi connectivity index (χ3v) is 4.43. The van der Waals surface area contributed by atoms with Gasteiger partial charge in [0.1, 0.15) is 0 Å². The van der Waals surface area contributed by atoms with Gasteiger partial charge in [0, 0.05) is 6.04 Å². The van der Waals surface area contributed by atoms with E-state index >= 15 is 0 Å². The van der Waals surface area contributed by atoms with Gasteiger partial charge >= 0.3 is 0 Å². The summed E-state index contributed by atoms with van der Waals surface area (Å²) in [4.78, 5) is 2.73. The minimum absolute atomic E-state index is 0.780. The summed E-state index contributed by atoms with van der Waals surface area (Å²) in [6.45, 7) is 17.0. The zero-order chi connectivity index (χ0) is 12.3. The van der Waals surface area contributed by atoms with Crippen LogP contribution < -0.4 is 0 Å². The average Bonchev–Trinajstić information content (AvgIpc) is 2.15. The van der Waals surface area contributed by atoms with Crippen molar-refractivity contribution < 1.29 is 0 Å². The molecule has 16 heavy (non-hydrogen) atoms. The Balaban J connectivity index is 2.54. The summed E-state index contributed by atoms with van der Waals surface area (Å²) < 4.78 is 0. The Kier molecular flexibility index (Phi) is 5.30. The Morgan fingerprint density at radius 3 is 2.25 bits per heavy atom. The van der Waals surface area contributed by atoms with Gasteiger partial charge in [-0.2, -0.15) is 0 Å². The quantitative estimate of drug-likeness (QED) is 0.698. The first-order valence-electron chi connectivity index (χ1n) is 7.17. The molecule has 0 amide bonds. The SMILES string of the molecule is CC(C)CCN1CC[C@H](C)C(C(C)C)[C@@H]1C. The molecule has 0 spiro atoms. The van der Waals surface area contributed by atoms with Crippen molar-refractivity contribution in [1.82, 2.24) is 4.90 Å². The Morgan fingerprint density at radius 1 is 1.12 bits per heavy atom. The first kappa shape index (κ1) is 14.0. The molecule has 1 heteroatoms. The highest BCUT2D eigenvalue weighted by Crippen LogP contribution is 2.34. The molecule has 0 bridgehead atoms. The second kappa shape index (κ2) is 6.05. The maximum absolute atomic E-state index is 2.73. The third-order valence-electron chi connectivity index (χ3n) is 4.43. The van der Waals surface area contributed by atoms with Crippen molar-refractivity contribution in [2.24, 2.45) is 23.7 Å². The van der Waals surface area contributed by atoms with E-state index in [-0.39, 0.29) is 0 Å². The molecule has 1 aliphatic rings. The zero-order valence-corrected chi connectivity index (χ0v) is 12.2. The molecule has 1 nitrogen and oxygen atoms in total. The topological polar surface area (TPSA) is 3.24 Å². The number of nitrogens with zero attached hydrogens (tertiary/aromatic N) is 1. The molecule has 1 fully saturated rings. The van der Waals surface area contributed by atoms with Crippen LogP contribution in [0.2, 0.25) is 0 Å². The van der Waals surface area contributed by atoms with E-state index in [2.05, 4.69) is 46.4 Å². The number of likely N-dealkylation sites (tertiary alicyclic amines) is 1. The molecular formula is C15H31N. The van der Waals surface area contributed by atoms with E-state index in [0.29, 0.717) is 0 Å². The van der Waals surface area contributed by atoms with E-state index in [9.17, 15) is 0 Å². The van der Waals surface area contributed by atoms with Crippen LogP contribution >= 0.6 is 0 Å². The fourth-order valence-electron chi connectivity index (χ4n) is 3.44. The average molecular weight is 225 g/mol. The summed E-state index contributed by atoms with van der Waals surface area (Å²) >= 11 is 0. The molecule has 0 aromatic rings. The van der Waals surface area contributed by atoms with Crippen molar-refractivity contribution in [2.45, 2.75) is 60.4 Å². The van der Waals surface area contributed by atoms with E-state index in [1.54, 1.807) is 0 Å². The van der Waals surface area contributed by atoms with Gasteiger partial charge in [-0.25, -0.2) is 0 Å². The van der Waals surface area contributed by atoms with Crippen LogP contribution in [0.25, 0.3) is 0 Å². The molecule has 1 aliphatic heterocycles. The van der Waals surface area contributed by atoms with Crippen molar-refractivity contribution in [1.29, 1.82) is 0 Å². The van der Waals surface area contributed by atoms with Crippen LogP contribution in [0.5, 0.6) is 0 Å². The standard InChI is InChI=1S/C15H31N/c1-11(2)7-9-16-10-8-13(5)15(12(3)4)14(16)6/h11-15H,7-10H2,1-6H3/t13-,14-,15?/m0/s1. The van der Waals surface area contributed by atoms with Crippen molar-refractivity contribution in [3.8, 4) is 0 Å². The molecule has 1 rings (SSSR count). The smallest absolute Gasteiger partial charge is 0.0100 e. The predicted octanol–water partition coefficient (Wildman–Crippen LogP) is 4.04. The Morgan fingerprint density at radius 2 is 1.75 bits per heavy atom. The second-order valence-corrected chi connectivity index (χ2v) is 6.55. The van der Waals surface area contributed by atoms with Gasteiger partial charge in [-0.3, -0.25) is 0 Å². The number of hydrogen-bond donors (Lipinski definition) is 0. The molecular weight excluding hydrogens is 194 g/mol. The summed E-state index contributed by atoms with van der Waals surface area (Å²) in [5.41, 5.74) is 0. The molecule has 1 heterocycles. The van der Waals surface area contributed by atoms with Crippen LogP contribution in [-0.4, -0.2) is 24.0 Å². The highest BCUT2D eigenvalue weighted by Gasteiger charge is 2.34. The van der Waals surface area contributed by atoms with Gasteiger partial charge in [0.15, 0.2) is 0 Å². The first-order chi connectivity index (χ1) is 7.43. The van der Waals surface area contributed by atoms with Gasteiger partial charge in [0.25, 0.3) is 0 Å². The van der Waals surface area contributed by atoms with E-state index in [1.807, 2.05) is 0 Å². The maximum Gasteiger partial charge on any atom is 0.0100 e. The lowest BCUT2D eigenvalue weighted by Gasteiger charge is -2.45. The summed E-state index contributed by atoms with van der Waals surface area (Å²) in [5.74, 6) is 3.46. The van der Waals surface area contributed by atoms with Gasteiger partial charge in [0.05, 0.1) is 0 Å². The molecule has 1 unspecified atom stereocenters. The van der Waals surface area contributed by atoms with Crippen molar-refractivity contribution in [2.75, 3.05) is 13.1 Å². The van der Waals surface area contributed by atoms with Crippen LogP contribution in [0.15, 0.2) is 0 Å². The highest BCUT2D eigenvalue weighted by molar-refractivity contribution is 4.86. The van der Waals surface area contributed by atoms with E-state index in [0.717, 1.165) is 29.7 Å². The lowest BCUT2D eigenvalue weighted by Crippen LogP contribution is -2.49. The van der Waals surface area contributed by atoms with Gasteiger partial charge in [0.2, 0.25) is 0 Å². The van der Waals surface area contributed by atoms with Crippen LogP contribution in [0.4, 0.5) is 0 Å². The van der Waals surface area contributed by atoms with Gasteiger partial charge in [-0.1, -0.05) is 34.6 Å². The molecule has 96 valence electrons. The van der Waals surface area contributed by atoms with Crippen molar-refractivity contribution >= 4 is 0 Å². The Labute approximate surface area is 103 Å². The summed E-state index contributed by atoms with van der Waals surface area (Å²) in [7, 11) is 0. The number of piperidine rings is 1. The fourth-order valence-corrected chi connectivity index (χ4v) is 3.44. The summed E-state index contributed by atoms with van der Waals surface area (Å²) in [6.07, 6.45) is 2.74. The number of rotatable bonds is 4. The molecule has 0 aromatic heterocycles. The molecule has 0 N–H and O–H groups in total. The summed E-state index contributed by atoms with van der Waals surface area (Å²) in [5, 5.41) is 0. The normalized spacial score (nSPS) is 32.6. The van der Waals surface area contributed by atoms with Gasteiger partial charge < -0.3 is 4.90 Å². The highest BCUT2D eigenvalue weighted by atomic mass is 15.2. The van der Waals surface area contributed by atoms with Crippen LogP contribution in [-0.2, 0) is 0 Å². The number of hydrogen-bond acceptors (Lipinski definition) is 1. The van der Waals surface area contributed by atoms with Gasteiger partial charge in [-0.15, -0.1) is 0 Å². The largest absolute Gasteiger partial charge is 0.300 e. The summed E-state index contributed by atoms with van der Waals surface area (Å²) in [6, 6.07) is 0.780. The first-order valence-corrected chi connectivity index (χ1v) is 7.17. The minimum atomic E-state index is 0.780. The van der Waals surface area contributed by atoms with E-state index in [1.165, 1.54) is 25.9 Å². The van der Waals surface area contributed by atoms with Crippen LogP contribution in [0, 0.1) is 23.7 Å². The molecule has 0 radical (unpaired) electrons. The van der Waals surface area contributed by atoms with Crippen LogP contribution in [0.1, 0.15) is 54.4 Å². The second-order valence-electron chi connectivity index (χ2n) is 6.55. The zero-order valence-electron chi connectivity index (χ0n) is 12.2. The van der Waals surface area contributed by atoms with Gasteiger partial charge in [-0.05, 0) is 56.5 Å². The Bertz CT molecular complexity index is 198. The molecule has 0 saturated carbocycles. The lowest BCUT2D eigenvalue weighted by molar-refractivity contribution is 0.0368. The monoisotopic (exact) mass is 225 g/mol. The van der Waals surface area contributed by atoms with Crippen molar-refractivity contribution in [3.63, 3.8) is 0 Å². The fraction of sp³-hybridized carbons (Fsp3) is 1.00. The Hall–Kier alpha value is -0.0400. The van der Waals surface area contributed by atoms with Crippen LogP contribution in [0.3, 0.4) is 0 Å². The predicted molar refractivity (Wildman–Crippen MR) is 72.6 cm³/mol.